The van der Waals surface area contributed by atoms with Gasteiger partial charge in [0, 0.05) is 23.1 Å². The van der Waals surface area contributed by atoms with Crippen LogP contribution < -0.4 is 5.32 Å². The van der Waals surface area contributed by atoms with Crippen LogP contribution in [-0.2, 0) is 0 Å². The summed E-state index contributed by atoms with van der Waals surface area (Å²) >= 11 is 0. The fraction of sp³-hybridized carbons (Fsp3) is 0.429. The summed E-state index contributed by atoms with van der Waals surface area (Å²) in [5.74, 6) is -0.0327. The van der Waals surface area contributed by atoms with Crippen LogP contribution in [0.3, 0.4) is 0 Å². The minimum absolute atomic E-state index is 0.0228. The zero-order valence-electron chi connectivity index (χ0n) is 10.8. The fourth-order valence-corrected chi connectivity index (χ4v) is 1.46. The molecule has 0 aliphatic carbocycles. The Morgan fingerprint density at radius 1 is 0.941 bits per heavy atom. The molecule has 1 aromatic rings. The van der Waals surface area contributed by atoms with Crippen molar-refractivity contribution in [2.45, 2.75) is 33.7 Å². The van der Waals surface area contributed by atoms with Crippen molar-refractivity contribution in [2.75, 3.05) is 0 Å². The van der Waals surface area contributed by atoms with Gasteiger partial charge in [0.2, 0.25) is 0 Å². The molecule has 0 bridgehead atoms. The van der Waals surface area contributed by atoms with E-state index in [1.807, 2.05) is 27.7 Å². The van der Waals surface area contributed by atoms with Crippen molar-refractivity contribution in [1.29, 1.82) is 0 Å². The van der Waals surface area contributed by atoms with E-state index in [1.165, 1.54) is 0 Å². The van der Waals surface area contributed by atoms with Crippen molar-refractivity contribution >= 4 is 11.7 Å². The zero-order valence-corrected chi connectivity index (χ0v) is 10.8. The second-order valence-electron chi connectivity index (χ2n) is 4.72. The monoisotopic (exact) mass is 233 g/mol. The van der Waals surface area contributed by atoms with E-state index >= 15 is 0 Å². The SMILES string of the molecule is CC(C)NC(=O)c1ccc(C(=O)C(C)C)cc1. The van der Waals surface area contributed by atoms with E-state index in [0.717, 1.165) is 0 Å². The molecule has 0 saturated heterocycles. The van der Waals surface area contributed by atoms with Gasteiger partial charge in [0.05, 0.1) is 0 Å². The second kappa shape index (κ2) is 5.62. The van der Waals surface area contributed by atoms with Gasteiger partial charge in [0.25, 0.3) is 5.91 Å². The molecule has 1 aromatic carbocycles. The molecule has 0 unspecified atom stereocenters. The molecule has 0 radical (unpaired) electrons. The molecule has 1 N–H and O–H groups in total. The Kier molecular flexibility index (Phi) is 4.44. The van der Waals surface area contributed by atoms with E-state index in [9.17, 15) is 9.59 Å². The number of rotatable bonds is 4. The van der Waals surface area contributed by atoms with Gasteiger partial charge in [-0.15, -0.1) is 0 Å². The van der Waals surface area contributed by atoms with Gasteiger partial charge in [0.1, 0.15) is 0 Å². The van der Waals surface area contributed by atoms with Crippen LogP contribution in [0.15, 0.2) is 24.3 Å². The lowest BCUT2D eigenvalue weighted by Gasteiger charge is -2.09. The Labute approximate surface area is 102 Å². The molecular formula is C14H19NO2. The normalized spacial score (nSPS) is 10.7. The summed E-state index contributed by atoms with van der Waals surface area (Å²) in [6.45, 7) is 7.55. The van der Waals surface area contributed by atoms with Crippen molar-refractivity contribution in [3.8, 4) is 0 Å². The lowest BCUT2D eigenvalue weighted by atomic mass is 10.00. The van der Waals surface area contributed by atoms with Crippen LogP contribution in [-0.4, -0.2) is 17.7 Å². The Morgan fingerprint density at radius 3 is 1.82 bits per heavy atom. The van der Waals surface area contributed by atoms with Crippen molar-refractivity contribution in [3.05, 3.63) is 35.4 Å². The average molecular weight is 233 g/mol. The first-order chi connectivity index (χ1) is 7.91. The number of amides is 1. The highest BCUT2D eigenvalue weighted by atomic mass is 16.1. The Morgan fingerprint density at radius 2 is 1.41 bits per heavy atom. The van der Waals surface area contributed by atoms with E-state index in [2.05, 4.69) is 5.32 Å². The van der Waals surface area contributed by atoms with Crippen LogP contribution in [0.2, 0.25) is 0 Å². The van der Waals surface area contributed by atoms with Crippen LogP contribution in [0, 0.1) is 5.92 Å². The lowest BCUT2D eigenvalue weighted by molar-refractivity contribution is 0.0929. The second-order valence-corrected chi connectivity index (χ2v) is 4.72. The first kappa shape index (κ1) is 13.4. The minimum atomic E-state index is -0.108. The molecule has 1 rings (SSSR count). The standard InChI is InChI=1S/C14H19NO2/c1-9(2)13(16)11-5-7-12(8-6-11)14(17)15-10(3)4/h5-10H,1-4H3,(H,15,17). The summed E-state index contributed by atoms with van der Waals surface area (Å²) < 4.78 is 0. The van der Waals surface area contributed by atoms with Gasteiger partial charge < -0.3 is 5.32 Å². The van der Waals surface area contributed by atoms with Crippen molar-refractivity contribution in [3.63, 3.8) is 0 Å². The summed E-state index contributed by atoms with van der Waals surface area (Å²) in [5.41, 5.74) is 1.24. The van der Waals surface area contributed by atoms with Crippen LogP contribution in [0.1, 0.15) is 48.4 Å². The summed E-state index contributed by atoms with van der Waals surface area (Å²) in [6.07, 6.45) is 0. The molecule has 0 saturated carbocycles. The van der Waals surface area contributed by atoms with Crippen LogP contribution >= 0.6 is 0 Å². The summed E-state index contributed by atoms with van der Waals surface area (Å²) in [7, 11) is 0. The van der Waals surface area contributed by atoms with E-state index in [0.29, 0.717) is 11.1 Å². The van der Waals surface area contributed by atoms with Crippen LogP contribution in [0.25, 0.3) is 0 Å². The number of Topliss-reactive ketones (excluding diaryl/α,β-unsaturated/α-hetero) is 1. The van der Waals surface area contributed by atoms with Gasteiger partial charge >= 0.3 is 0 Å². The molecule has 92 valence electrons. The highest BCUT2D eigenvalue weighted by molar-refractivity contribution is 5.99. The maximum Gasteiger partial charge on any atom is 0.251 e. The van der Waals surface area contributed by atoms with Gasteiger partial charge in [-0.05, 0) is 26.0 Å². The molecule has 1 amide bonds. The average Bonchev–Trinajstić information content (AvgIpc) is 2.27. The van der Waals surface area contributed by atoms with Crippen molar-refractivity contribution < 1.29 is 9.59 Å². The molecule has 0 heterocycles. The number of nitrogens with one attached hydrogen (secondary N) is 1. The molecule has 3 nitrogen and oxygen atoms in total. The highest BCUT2D eigenvalue weighted by Crippen LogP contribution is 2.10. The molecule has 17 heavy (non-hydrogen) atoms. The first-order valence-electron chi connectivity index (χ1n) is 5.87. The maximum atomic E-state index is 11.7. The van der Waals surface area contributed by atoms with Gasteiger partial charge in [-0.1, -0.05) is 26.0 Å². The topological polar surface area (TPSA) is 46.2 Å². The van der Waals surface area contributed by atoms with Gasteiger partial charge in [-0.3, -0.25) is 9.59 Å². The van der Waals surface area contributed by atoms with E-state index in [-0.39, 0.29) is 23.7 Å². The third-order valence-corrected chi connectivity index (χ3v) is 2.38. The number of hydrogen-bond donors (Lipinski definition) is 1. The molecule has 0 aliphatic heterocycles. The Bertz CT molecular complexity index is 405. The predicted molar refractivity (Wildman–Crippen MR) is 68.2 cm³/mol. The summed E-state index contributed by atoms with van der Waals surface area (Å²) in [5, 5.41) is 2.81. The molecular weight excluding hydrogens is 214 g/mol. The maximum absolute atomic E-state index is 11.7. The Balaban J connectivity index is 2.81. The zero-order chi connectivity index (χ0) is 13.0. The van der Waals surface area contributed by atoms with Gasteiger partial charge in [-0.25, -0.2) is 0 Å². The van der Waals surface area contributed by atoms with Gasteiger partial charge in [-0.2, -0.15) is 0 Å². The largest absolute Gasteiger partial charge is 0.350 e. The van der Waals surface area contributed by atoms with Crippen molar-refractivity contribution in [1.82, 2.24) is 5.32 Å². The quantitative estimate of drug-likeness (QED) is 0.813. The smallest absolute Gasteiger partial charge is 0.251 e. The molecule has 0 aliphatic rings. The van der Waals surface area contributed by atoms with E-state index in [1.54, 1.807) is 24.3 Å². The van der Waals surface area contributed by atoms with Crippen LogP contribution in [0.4, 0.5) is 0 Å². The number of benzene rings is 1. The minimum Gasteiger partial charge on any atom is -0.350 e. The number of carbonyl (C=O) groups is 2. The molecule has 3 heteroatoms. The molecule has 0 spiro atoms. The number of ketones is 1. The molecule has 0 fully saturated rings. The Hall–Kier alpha value is -1.64. The first-order valence-corrected chi connectivity index (χ1v) is 5.87. The summed E-state index contributed by atoms with van der Waals surface area (Å²) in [6, 6.07) is 6.90. The fourth-order valence-electron chi connectivity index (χ4n) is 1.46. The number of hydrogen-bond acceptors (Lipinski definition) is 2. The predicted octanol–water partition coefficient (Wildman–Crippen LogP) is 2.66. The van der Waals surface area contributed by atoms with Crippen molar-refractivity contribution in [2.24, 2.45) is 5.92 Å². The number of carbonyl (C=O) groups excluding carboxylic acids is 2. The lowest BCUT2D eigenvalue weighted by Crippen LogP contribution is -2.30. The molecule has 0 aromatic heterocycles. The van der Waals surface area contributed by atoms with E-state index < -0.39 is 0 Å². The van der Waals surface area contributed by atoms with Crippen LogP contribution in [0.5, 0.6) is 0 Å². The summed E-state index contributed by atoms with van der Waals surface area (Å²) in [4.78, 5) is 23.4. The third kappa shape index (κ3) is 3.70. The van der Waals surface area contributed by atoms with Gasteiger partial charge in [0.15, 0.2) is 5.78 Å². The third-order valence-electron chi connectivity index (χ3n) is 2.38. The highest BCUT2D eigenvalue weighted by Gasteiger charge is 2.11. The molecule has 0 atom stereocenters. The van der Waals surface area contributed by atoms with E-state index in [4.69, 9.17) is 0 Å².